The molecule has 0 spiro atoms. The van der Waals surface area contributed by atoms with Gasteiger partial charge in [0.15, 0.2) is 0 Å². The second kappa shape index (κ2) is 5.09. The van der Waals surface area contributed by atoms with Crippen LogP contribution in [0.5, 0.6) is 0 Å². The van der Waals surface area contributed by atoms with Crippen molar-refractivity contribution >= 4 is 5.91 Å². The Morgan fingerprint density at radius 1 is 1.17 bits per heavy atom. The van der Waals surface area contributed by atoms with Gasteiger partial charge in [0.25, 0.3) is 5.91 Å². The molecule has 0 radical (unpaired) electrons. The van der Waals surface area contributed by atoms with E-state index in [0.29, 0.717) is 5.56 Å². The summed E-state index contributed by atoms with van der Waals surface area (Å²) in [6.07, 6.45) is 5.21. The Morgan fingerprint density at radius 2 is 1.83 bits per heavy atom. The van der Waals surface area contributed by atoms with Crippen LogP contribution in [0.3, 0.4) is 0 Å². The van der Waals surface area contributed by atoms with Crippen LogP contribution in [-0.4, -0.2) is 28.9 Å². The molecule has 1 aliphatic rings. The van der Waals surface area contributed by atoms with Gasteiger partial charge in [-0.05, 0) is 31.4 Å². The fourth-order valence-electron chi connectivity index (χ4n) is 2.24. The Morgan fingerprint density at radius 3 is 2.33 bits per heavy atom. The number of hydrogen-bond donors (Lipinski definition) is 0. The predicted octanol–water partition coefficient (Wildman–Crippen LogP) is 3.01. The summed E-state index contributed by atoms with van der Waals surface area (Å²) >= 11 is 0. The summed E-state index contributed by atoms with van der Waals surface area (Å²) in [6, 6.07) is 3.88. The third kappa shape index (κ3) is 2.89. The molecular formula is C15H22N2O. The lowest BCUT2D eigenvalue weighted by molar-refractivity contribution is 0.0724. The molecule has 1 amide bonds. The van der Waals surface area contributed by atoms with E-state index in [4.69, 9.17) is 0 Å². The maximum atomic E-state index is 12.2. The average molecular weight is 246 g/mol. The minimum atomic E-state index is 0.0344. The summed E-state index contributed by atoms with van der Waals surface area (Å²) in [7, 11) is 0. The van der Waals surface area contributed by atoms with Crippen LogP contribution in [0.25, 0.3) is 0 Å². The van der Waals surface area contributed by atoms with Gasteiger partial charge >= 0.3 is 0 Å². The van der Waals surface area contributed by atoms with Gasteiger partial charge in [-0.15, -0.1) is 0 Å². The minimum Gasteiger partial charge on any atom is -0.339 e. The zero-order valence-corrected chi connectivity index (χ0v) is 11.6. The normalized spacial score (nSPS) is 16.7. The Bertz CT molecular complexity index is 411. The van der Waals surface area contributed by atoms with E-state index in [9.17, 15) is 4.79 Å². The maximum Gasteiger partial charge on any atom is 0.255 e. The van der Waals surface area contributed by atoms with E-state index in [1.54, 1.807) is 6.20 Å². The van der Waals surface area contributed by atoms with E-state index in [2.05, 4.69) is 25.8 Å². The molecule has 2 heterocycles. The average Bonchev–Trinajstić information content (AvgIpc) is 2.38. The summed E-state index contributed by atoms with van der Waals surface area (Å²) in [5.74, 6) is 0.127. The monoisotopic (exact) mass is 246 g/mol. The smallest absolute Gasteiger partial charge is 0.255 e. The lowest BCUT2D eigenvalue weighted by atomic mass is 9.91. The second-order valence-corrected chi connectivity index (χ2v) is 6.03. The van der Waals surface area contributed by atoms with Crippen molar-refractivity contribution in [3.63, 3.8) is 0 Å². The van der Waals surface area contributed by atoms with Crippen LogP contribution in [-0.2, 0) is 5.41 Å². The van der Waals surface area contributed by atoms with Crippen LogP contribution in [0.1, 0.15) is 56.1 Å². The third-order valence-corrected chi connectivity index (χ3v) is 3.42. The van der Waals surface area contributed by atoms with Crippen molar-refractivity contribution in [3.05, 3.63) is 29.6 Å². The molecule has 3 heteroatoms. The highest BCUT2D eigenvalue weighted by Crippen LogP contribution is 2.20. The maximum absolute atomic E-state index is 12.2. The number of piperidine rings is 1. The van der Waals surface area contributed by atoms with Gasteiger partial charge in [0, 0.05) is 30.4 Å². The highest BCUT2D eigenvalue weighted by atomic mass is 16.2. The molecule has 18 heavy (non-hydrogen) atoms. The third-order valence-electron chi connectivity index (χ3n) is 3.42. The molecule has 0 atom stereocenters. The fraction of sp³-hybridized carbons (Fsp3) is 0.600. The molecule has 0 saturated carbocycles. The number of aromatic nitrogens is 1. The minimum absolute atomic E-state index is 0.0344. The van der Waals surface area contributed by atoms with Gasteiger partial charge in [-0.2, -0.15) is 0 Å². The molecular weight excluding hydrogens is 224 g/mol. The SMILES string of the molecule is CC(C)(C)c1ccc(C(=O)N2CCCCC2)cn1. The molecule has 0 aliphatic carbocycles. The van der Waals surface area contributed by atoms with Crippen molar-refractivity contribution in [3.8, 4) is 0 Å². The van der Waals surface area contributed by atoms with Gasteiger partial charge < -0.3 is 4.90 Å². The van der Waals surface area contributed by atoms with Crippen molar-refractivity contribution in [2.75, 3.05) is 13.1 Å². The molecule has 0 N–H and O–H groups in total. The van der Waals surface area contributed by atoms with Gasteiger partial charge in [-0.25, -0.2) is 0 Å². The van der Waals surface area contributed by atoms with E-state index in [1.807, 2.05) is 17.0 Å². The Balaban J connectivity index is 2.11. The molecule has 1 aromatic rings. The van der Waals surface area contributed by atoms with Gasteiger partial charge in [0.1, 0.15) is 0 Å². The molecule has 0 unspecified atom stereocenters. The van der Waals surface area contributed by atoms with Crippen molar-refractivity contribution in [2.45, 2.75) is 45.4 Å². The molecule has 0 aromatic carbocycles. The number of carbonyl (C=O) groups is 1. The summed E-state index contributed by atoms with van der Waals surface area (Å²) in [5.41, 5.74) is 1.77. The molecule has 0 bridgehead atoms. The number of nitrogens with zero attached hydrogens (tertiary/aromatic N) is 2. The lowest BCUT2D eigenvalue weighted by Crippen LogP contribution is -2.35. The lowest BCUT2D eigenvalue weighted by Gasteiger charge is -2.27. The van der Waals surface area contributed by atoms with Crippen LogP contribution < -0.4 is 0 Å². The molecule has 2 rings (SSSR count). The first-order valence-corrected chi connectivity index (χ1v) is 6.74. The van der Waals surface area contributed by atoms with E-state index >= 15 is 0 Å². The highest BCUT2D eigenvalue weighted by Gasteiger charge is 2.20. The van der Waals surface area contributed by atoms with Crippen molar-refractivity contribution in [1.82, 2.24) is 9.88 Å². The predicted molar refractivity (Wildman–Crippen MR) is 72.7 cm³/mol. The summed E-state index contributed by atoms with van der Waals surface area (Å²) < 4.78 is 0. The van der Waals surface area contributed by atoms with Crippen LogP contribution in [0.2, 0.25) is 0 Å². The molecule has 1 saturated heterocycles. The number of hydrogen-bond acceptors (Lipinski definition) is 2. The zero-order chi connectivity index (χ0) is 13.2. The number of amides is 1. The number of pyridine rings is 1. The van der Waals surface area contributed by atoms with Crippen LogP contribution >= 0.6 is 0 Å². The first kappa shape index (κ1) is 13.1. The molecule has 98 valence electrons. The largest absolute Gasteiger partial charge is 0.339 e. The summed E-state index contributed by atoms with van der Waals surface area (Å²) in [4.78, 5) is 18.6. The Kier molecular flexibility index (Phi) is 3.69. The fourth-order valence-corrected chi connectivity index (χ4v) is 2.24. The molecule has 1 fully saturated rings. The molecule has 3 nitrogen and oxygen atoms in total. The van der Waals surface area contributed by atoms with E-state index < -0.39 is 0 Å². The topological polar surface area (TPSA) is 33.2 Å². The van der Waals surface area contributed by atoms with Crippen molar-refractivity contribution in [2.24, 2.45) is 0 Å². The van der Waals surface area contributed by atoms with Gasteiger partial charge in [-0.1, -0.05) is 20.8 Å². The standard InChI is InChI=1S/C15H22N2O/c1-15(2,3)13-8-7-12(11-16-13)14(18)17-9-5-4-6-10-17/h7-8,11H,4-6,9-10H2,1-3H3. The first-order valence-electron chi connectivity index (χ1n) is 6.74. The number of likely N-dealkylation sites (tertiary alicyclic amines) is 1. The van der Waals surface area contributed by atoms with Crippen LogP contribution in [0, 0.1) is 0 Å². The van der Waals surface area contributed by atoms with Crippen LogP contribution in [0.15, 0.2) is 18.3 Å². The highest BCUT2D eigenvalue weighted by molar-refractivity contribution is 5.94. The van der Waals surface area contributed by atoms with Gasteiger partial charge in [-0.3, -0.25) is 9.78 Å². The number of rotatable bonds is 1. The summed E-state index contributed by atoms with van der Waals surface area (Å²) in [6.45, 7) is 8.16. The summed E-state index contributed by atoms with van der Waals surface area (Å²) in [5, 5.41) is 0. The Labute approximate surface area is 109 Å². The van der Waals surface area contributed by atoms with Gasteiger partial charge in [0.2, 0.25) is 0 Å². The van der Waals surface area contributed by atoms with E-state index in [1.165, 1.54) is 6.42 Å². The quantitative estimate of drug-likeness (QED) is 0.763. The van der Waals surface area contributed by atoms with E-state index in [0.717, 1.165) is 31.6 Å². The van der Waals surface area contributed by atoms with Crippen molar-refractivity contribution < 1.29 is 4.79 Å². The van der Waals surface area contributed by atoms with E-state index in [-0.39, 0.29) is 11.3 Å². The second-order valence-electron chi connectivity index (χ2n) is 6.03. The number of carbonyl (C=O) groups excluding carboxylic acids is 1. The first-order chi connectivity index (χ1) is 8.48. The Hall–Kier alpha value is -1.38. The van der Waals surface area contributed by atoms with Crippen LogP contribution in [0.4, 0.5) is 0 Å². The molecule has 1 aromatic heterocycles. The molecule has 1 aliphatic heterocycles. The van der Waals surface area contributed by atoms with Crippen molar-refractivity contribution in [1.29, 1.82) is 0 Å². The van der Waals surface area contributed by atoms with Gasteiger partial charge in [0.05, 0.1) is 5.56 Å². The zero-order valence-electron chi connectivity index (χ0n) is 11.6.